The number of ether oxygens (including phenoxy) is 2. The van der Waals surface area contributed by atoms with E-state index in [1.54, 1.807) is 14.2 Å². The third kappa shape index (κ3) is 3.55. The van der Waals surface area contributed by atoms with Crippen molar-refractivity contribution in [3.63, 3.8) is 0 Å². The minimum Gasteiger partial charge on any atom is -0.497 e. The van der Waals surface area contributed by atoms with E-state index in [0.717, 1.165) is 45.8 Å². The van der Waals surface area contributed by atoms with Crippen LogP contribution in [0.1, 0.15) is 27.2 Å². The van der Waals surface area contributed by atoms with Crippen LogP contribution in [0.15, 0.2) is 30.5 Å². The highest BCUT2D eigenvalue weighted by Crippen LogP contribution is 2.41. The van der Waals surface area contributed by atoms with E-state index in [1.165, 1.54) is 0 Å². The molecule has 3 aromatic rings. The van der Waals surface area contributed by atoms with Gasteiger partial charge < -0.3 is 30.2 Å². The molecule has 0 spiro atoms. The first-order valence-electron chi connectivity index (χ1n) is 11.0. The molecule has 3 heterocycles. The van der Waals surface area contributed by atoms with Crippen LogP contribution in [-0.4, -0.2) is 53.5 Å². The Kier molecular flexibility index (Phi) is 5.14. The van der Waals surface area contributed by atoms with E-state index in [0.29, 0.717) is 43.0 Å². The van der Waals surface area contributed by atoms with Crippen molar-refractivity contribution in [2.24, 2.45) is 12.8 Å². The van der Waals surface area contributed by atoms with Crippen LogP contribution in [-0.2, 0) is 26.3 Å². The van der Waals surface area contributed by atoms with Crippen molar-refractivity contribution >= 4 is 5.97 Å². The molecule has 2 aromatic heterocycles. The first kappa shape index (κ1) is 21.5. The number of rotatable bonds is 6. The van der Waals surface area contributed by atoms with Gasteiger partial charge in [0, 0.05) is 61.2 Å². The van der Waals surface area contributed by atoms with Gasteiger partial charge in [-0.3, -0.25) is 4.98 Å². The molecule has 0 atom stereocenters. The van der Waals surface area contributed by atoms with Crippen LogP contribution < -0.4 is 20.5 Å². The minimum absolute atomic E-state index is 0.399. The standard InChI is InChI=1S/C25H28N4O4/c1-29-21(10-25(26)12-27-13-25)22(24(30)31)18-5-4-14-11-28-20(9-19(14)23(18)29)15-6-16(32-2)8-17(7-15)33-3/h6-9,11,27H,4-5,10,12-13,26H2,1-3H3,(H,30,31). The molecule has 8 nitrogen and oxygen atoms in total. The number of carbonyl (C=O) groups is 1. The number of methoxy groups -OCH3 is 2. The highest BCUT2D eigenvalue weighted by Gasteiger charge is 2.38. The molecule has 2 aliphatic rings. The number of hydrogen-bond acceptors (Lipinski definition) is 6. The normalized spacial score (nSPS) is 15.9. The molecule has 8 heteroatoms. The van der Waals surface area contributed by atoms with Gasteiger partial charge in [-0.25, -0.2) is 4.79 Å². The topological polar surface area (TPSA) is 112 Å². The lowest BCUT2D eigenvalue weighted by atomic mass is 9.85. The number of aryl methyl sites for hydroxylation is 1. The quantitative estimate of drug-likeness (QED) is 0.531. The predicted octanol–water partition coefficient (Wildman–Crippen LogP) is 2.41. The summed E-state index contributed by atoms with van der Waals surface area (Å²) < 4.78 is 12.9. The summed E-state index contributed by atoms with van der Waals surface area (Å²) in [4.78, 5) is 17.0. The molecule has 33 heavy (non-hydrogen) atoms. The number of carboxylic acids is 1. The number of hydrogen-bond donors (Lipinski definition) is 3. The average Bonchev–Trinajstić information content (AvgIpc) is 3.08. The fraction of sp³-hybridized carbons (Fsp3) is 0.360. The maximum absolute atomic E-state index is 12.3. The van der Waals surface area contributed by atoms with Crippen LogP contribution in [0.5, 0.6) is 11.5 Å². The molecular formula is C25H28N4O4. The van der Waals surface area contributed by atoms with Gasteiger partial charge in [0.25, 0.3) is 0 Å². The summed E-state index contributed by atoms with van der Waals surface area (Å²) in [6.45, 7) is 1.37. The lowest BCUT2D eigenvalue weighted by Gasteiger charge is -2.39. The number of aromatic nitrogens is 2. The third-order valence-electron chi connectivity index (χ3n) is 6.84. The Morgan fingerprint density at radius 1 is 1.18 bits per heavy atom. The van der Waals surface area contributed by atoms with Crippen LogP contribution in [0, 0.1) is 0 Å². The number of carboxylic acid groups (broad SMARTS) is 1. The number of aromatic carboxylic acids is 1. The highest BCUT2D eigenvalue weighted by molar-refractivity contribution is 5.95. The van der Waals surface area contributed by atoms with Gasteiger partial charge in [0.2, 0.25) is 0 Å². The largest absolute Gasteiger partial charge is 0.497 e. The number of nitrogens with two attached hydrogens (primary N) is 1. The van der Waals surface area contributed by atoms with Gasteiger partial charge in [-0.05, 0) is 42.2 Å². The Hall–Kier alpha value is -3.36. The lowest BCUT2D eigenvalue weighted by Crippen LogP contribution is -2.67. The number of nitrogens with one attached hydrogen (secondary N) is 1. The Balaban J connectivity index is 1.66. The summed E-state index contributed by atoms with van der Waals surface area (Å²) in [6.07, 6.45) is 3.83. The second-order valence-corrected chi connectivity index (χ2v) is 8.98. The first-order chi connectivity index (χ1) is 15.8. The van der Waals surface area contributed by atoms with Crippen LogP contribution >= 0.6 is 0 Å². The van der Waals surface area contributed by atoms with E-state index >= 15 is 0 Å². The zero-order valence-electron chi connectivity index (χ0n) is 19.1. The predicted molar refractivity (Wildman–Crippen MR) is 125 cm³/mol. The lowest BCUT2D eigenvalue weighted by molar-refractivity contribution is 0.0693. The molecule has 0 radical (unpaired) electrons. The summed E-state index contributed by atoms with van der Waals surface area (Å²) in [5.74, 6) is 0.468. The Labute approximate surface area is 192 Å². The zero-order valence-corrected chi connectivity index (χ0v) is 19.1. The average molecular weight is 449 g/mol. The molecule has 1 aliphatic heterocycles. The van der Waals surface area contributed by atoms with E-state index in [1.807, 2.05) is 42.1 Å². The van der Waals surface area contributed by atoms with Gasteiger partial charge in [-0.1, -0.05) is 0 Å². The van der Waals surface area contributed by atoms with Crippen molar-refractivity contribution in [1.82, 2.24) is 14.9 Å². The molecule has 1 saturated heterocycles. The van der Waals surface area contributed by atoms with Gasteiger partial charge in [0.05, 0.1) is 31.2 Å². The molecule has 4 N–H and O–H groups in total. The number of fused-ring (bicyclic) bond motifs is 3. The van der Waals surface area contributed by atoms with Gasteiger partial charge in [-0.15, -0.1) is 0 Å². The smallest absolute Gasteiger partial charge is 0.337 e. The minimum atomic E-state index is -0.895. The number of nitrogens with zero attached hydrogens (tertiary/aromatic N) is 2. The van der Waals surface area contributed by atoms with Crippen molar-refractivity contribution < 1.29 is 19.4 Å². The van der Waals surface area contributed by atoms with Gasteiger partial charge in [-0.2, -0.15) is 0 Å². The molecule has 1 fully saturated rings. The molecule has 1 aliphatic carbocycles. The summed E-state index contributed by atoms with van der Waals surface area (Å²) in [7, 11) is 5.18. The summed E-state index contributed by atoms with van der Waals surface area (Å²) in [5, 5.41) is 13.3. The van der Waals surface area contributed by atoms with E-state index in [9.17, 15) is 9.90 Å². The zero-order chi connectivity index (χ0) is 23.3. The fourth-order valence-electron chi connectivity index (χ4n) is 5.02. The molecule has 172 valence electrons. The Morgan fingerprint density at radius 3 is 2.45 bits per heavy atom. The molecular weight excluding hydrogens is 420 g/mol. The van der Waals surface area contributed by atoms with Crippen molar-refractivity contribution in [1.29, 1.82) is 0 Å². The van der Waals surface area contributed by atoms with Gasteiger partial charge in [0.15, 0.2) is 0 Å². The van der Waals surface area contributed by atoms with Gasteiger partial charge >= 0.3 is 5.97 Å². The monoisotopic (exact) mass is 448 g/mol. The molecule has 0 bridgehead atoms. The molecule has 1 aromatic carbocycles. The molecule has 0 amide bonds. The maximum atomic E-state index is 12.3. The van der Waals surface area contributed by atoms with Crippen molar-refractivity contribution in [2.75, 3.05) is 27.3 Å². The van der Waals surface area contributed by atoms with Crippen molar-refractivity contribution in [3.05, 3.63) is 52.8 Å². The van der Waals surface area contributed by atoms with Crippen LogP contribution in [0.3, 0.4) is 0 Å². The molecule has 5 rings (SSSR count). The van der Waals surface area contributed by atoms with Crippen LogP contribution in [0.25, 0.3) is 22.5 Å². The van der Waals surface area contributed by atoms with E-state index in [4.69, 9.17) is 20.2 Å². The number of pyridine rings is 1. The van der Waals surface area contributed by atoms with Crippen molar-refractivity contribution in [2.45, 2.75) is 24.8 Å². The molecule has 0 saturated carbocycles. The summed E-state index contributed by atoms with van der Waals surface area (Å²) in [6, 6.07) is 7.70. The maximum Gasteiger partial charge on any atom is 0.337 e. The SMILES string of the molecule is COc1cc(OC)cc(-c2cc3c(cn2)CCc2c(C(=O)O)c(CC4(N)CNC4)n(C)c2-3)c1. The van der Waals surface area contributed by atoms with E-state index < -0.39 is 11.5 Å². The van der Waals surface area contributed by atoms with Crippen LogP contribution in [0.2, 0.25) is 0 Å². The second kappa shape index (κ2) is 7.90. The van der Waals surface area contributed by atoms with Gasteiger partial charge in [0.1, 0.15) is 11.5 Å². The first-order valence-corrected chi connectivity index (χ1v) is 11.0. The third-order valence-corrected chi connectivity index (χ3v) is 6.84. The van der Waals surface area contributed by atoms with Crippen LogP contribution in [0.4, 0.5) is 0 Å². The Morgan fingerprint density at radius 2 is 1.88 bits per heavy atom. The summed E-state index contributed by atoms with van der Waals surface area (Å²) >= 11 is 0. The van der Waals surface area contributed by atoms with E-state index in [-0.39, 0.29) is 0 Å². The molecule has 0 unspecified atom stereocenters. The Bertz CT molecular complexity index is 1240. The summed E-state index contributed by atoms with van der Waals surface area (Å²) in [5.41, 5.74) is 12.8. The number of benzene rings is 1. The second-order valence-electron chi connectivity index (χ2n) is 8.98. The van der Waals surface area contributed by atoms with E-state index in [2.05, 4.69) is 5.32 Å². The fourth-order valence-corrected chi connectivity index (χ4v) is 5.02. The van der Waals surface area contributed by atoms with Crippen molar-refractivity contribution in [3.8, 4) is 34.0 Å². The highest BCUT2D eigenvalue weighted by atomic mass is 16.5.